The van der Waals surface area contributed by atoms with Crippen molar-refractivity contribution in [3.8, 4) is 0 Å². The molecule has 0 aromatic carbocycles. The number of aryl methyl sites for hydroxylation is 1. The van der Waals surface area contributed by atoms with Gasteiger partial charge in [-0.2, -0.15) is 0 Å². The van der Waals surface area contributed by atoms with E-state index in [4.69, 9.17) is 4.42 Å². The molecule has 0 radical (unpaired) electrons. The second-order valence-electron chi connectivity index (χ2n) is 3.78. The first kappa shape index (κ1) is 10.7. The van der Waals surface area contributed by atoms with Crippen LogP contribution < -0.4 is 5.32 Å². The molecule has 0 aliphatic carbocycles. The second kappa shape index (κ2) is 3.98. The molecule has 15 heavy (non-hydrogen) atoms. The maximum Gasteiger partial charge on any atom is 0.153 e. The van der Waals surface area contributed by atoms with Gasteiger partial charge in [-0.3, -0.25) is 0 Å². The highest BCUT2D eigenvalue weighted by molar-refractivity contribution is 7.91. The number of nitrogens with one attached hydrogen (secondary N) is 1. The summed E-state index contributed by atoms with van der Waals surface area (Å²) < 4.78 is 28.4. The maximum absolute atomic E-state index is 11.4. The van der Waals surface area contributed by atoms with Crippen molar-refractivity contribution in [2.24, 2.45) is 0 Å². The molecule has 1 aliphatic rings. The molecule has 0 saturated carbocycles. The van der Waals surface area contributed by atoms with Gasteiger partial charge in [0, 0.05) is 13.0 Å². The number of hydrogen-bond acceptors (Lipinski definition) is 4. The van der Waals surface area contributed by atoms with Crippen LogP contribution in [0.15, 0.2) is 16.5 Å². The zero-order chi connectivity index (χ0) is 10.9. The van der Waals surface area contributed by atoms with Crippen molar-refractivity contribution >= 4 is 9.84 Å². The lowest BCUT2D eigenvalue weighted by Crippen LogP contribution is -2.38. The predicted octanol–water partition coefficient (Wildman–Crippen LogP) is 0.901. The SMILES string of the molecule is CCc1ccc([C@H]2CS(=O)(=O)CCN2)o1. The maximum atomic E-state index is 11.4. The Bertz CT molecular complexity index is 435. The minimum atomic E-state index is -2.90. The molecule has 5 heteroatoms. The van der Waals surface area contributed by atoms with Gasteiger partial charge in [-0.1, -0.05) is 6.92 Å². The molecular weight excluding hydrogens is 214 g/mol. The Morgan fingerprint density at radius 3 is 2.93 bits per heavy atom. The first-order chi connectivity index (χ1) is 7.11. The second-order valence-corrected chi connectivity index (χ2v) is 6.01. The summed E-state index contributed by atoms with van der Waals surface area (Å²) in [5.41, 5.74) is 0. The average Bonchev–Trinajstić information content (AvgIpc) is 2.64. The molecule has 1 N–H and O–H groups in total. The summed E-state index contributed by atoms with van der Waals surface area (Å²) in [6.45, 7) is 2.52. The van der Waals surface area contributed by atoms with Gasteiger partial charge in [0.15, 0.2) is 9.84 Å². The lowest BCUT2D eigenvalue weighted by Gasteiger charge is -2.21. The van der Waals surface area contributed by atoms with E-state index in [1.54, 1.807) is 0 Å². The zero-order valence-corrected chi connectivity index (χ0v) is 9.51. The average molecular weight is 229 g/mol. The van der Waals surface area contributed by atoms with Crippen LogP contribution in [0.25, 0.3) is 0 Å². The molecular formula is C10H15NO3S. The van der Waals surface area contributed by atoms with Crippen molar-refractivity contribution < 1.29 is 12.8 Å². The molecule has 1 atom stereocenters. The van der Waals surface area contributed by atoms with E-state index in [0.717, 1.165) is 17.9 Å². The molecule has 0 amide bonds. The molecule has 0 spiro atoms. The van der Waals surface area contributed by atoms with E-state index in [1.807, 2.05) is 19.1 Å². The van der Waals surface area contributed by atoms with Gasteiger partial charge in [0.05, 0.1) is 17.5 Å². The monoisotopic (exact) mass is 229 g/mol. The van der Waals surface area contributed by atoms with Gasteiger partial charge in [-0.15, -0.1) is 0 Å². The molecule has 1 aromatic heterocycles. The van der Waals surface area contributed by atoms with E-state index in [1.165, 1.54) is 0 Å². The summed E-state index contributed by atoms with van der Waals surface area (Å²) in [6, 6.07) is 3.58. The van der Waals surface area contributed by atoms with Crippen LogP contribution in [0.3, 0.4) is 0 Å². The summed E-state index contributed by atoms with van der Waals surface area (Å²) >= 11 is 0. The van der Waals surface area contributed by atoms with Gasteiger partial charge in [-0.05, 0) is 12.1 Å². The fourth-order valence-electron chi connectivity index (χ4n) is 1.74. The highest BCUT2D eigenvalue weighted by atomic mass is 32.2. The van der Waals surface area contributed by atoms with Crippen LogP contribution >= 0.6 is 0 Å². The summed E-state index contributed by atoms with van der Waals surface area (Å²) in [7, 11) is -2.90. The highest BCUT2D eigenvalue weighted by Gasteiger charge is 2.27. The number of furan rings is 1. The fourth-order valence-corrected chi connectivity index (χ4v) is 3.12. The molecule has 0 bridgehead atoms. The van der Waals surface area contributed by atoms with Crippen molar-refractivity contribution in [2.75, 3.05) is 18.1 Å². The van der Waals surface area contributed by atoms with E-state index >= 15 is 0 Å². The van der Waals surface area contributed by atoms with Crippen LogP contribution in [0.1, 0.15) is 24.5 Å². The van der Waals surface area contributed by atoms with Gasteiger partial charge >= 0.3 is 0 Å². The Morgan fingerprint density at radius 2 is 2.33 bits per heavy atom. The van der Waals surface area contributed by atoms with Crippen LogP contribution in [0.5, 0.6) is 0 Å². The van der Waals surface area contributed by atoms with E-state index < -0.39 is 9.84 Å². The van der Waals surface area contributed by atoms with Gasteiger partial charge < -0.3 is 9.73 Å². The molecule has 2 rings (SSSR count). The topological polar surface area (TPSA) is 59.3 Å². The summed E-state index contributed by atoms with van der Waals surface area (Å²) in [5.74, 6) is 2.00. The normalized spacial score (nSPS) is 25.3. The molecule has 1 saturated heterocycles. The molecule has 4 nitrogen and oxygen atoms in total. The van der Waals surface area contributed by atoms with Crippen molar-refractivity contribution in [2.45, 2.75) is 19.4 Å². The molecule has 84 valence electrons. The minimum Gasteiger partial charge on any atom is -0.464 e. The summed E-state index contributed by atoms with van der Waals surface area (Å²) in [5, 5.41) is 3.16. The fraction of sp³-hybridized carbons (Fsp3) is 0.600. The van der Waals surface area contributed by atoms with Crippen LogP contribution in [0.2, 0.25) is 0 Å². The molecule has 1 aliphatic heterocycles. The van der Waals surface area contributed by atoms with E-state index in [0.29, 0.717) is 6.54 Å². The van der Waals surface area contributed by atoms with Gasteiger partial charge in [-0.25, -0.2) is 8.42 Å². The number of hydrogen-bond donors (Lipinski definition) is 1. The van der Waals surface area contributed by atoms with E-state index in [9.17, 15) is 8.42 Å². The van der Waals surface area contributed by atoms with Crippen LogP contribution in [0, 0.1) is 0 Å². The molecule has 2 heterocycles. The lowest BCUT2D eigenvalue weighted by atomic mass is 10.2. The van der Waals surface area contributed by atoms with Gasteiger partial charge in [0.2, 0.25) is 0 Å². The van der Waals surface area contributed by atoms with Crippen LogP contribution in [-0.2, 0) is 16.3 Å². The van der Waals surface area contributed by atoms with E-state index in [2.05, 4.69) is 5.32 Å². The Morgan fingerprint density at radius 1 is 1.53 bits per heavy atom. The smallest absolute Gasteiger partial charge is 0.153 e. The quantitative estimate of drug-likeness (QED) is 0.818. The summed E-state index contributed by atoms with van der Waals surface area (Å²) in [4.78, 5) is 0. The largest absolute Gasteiger partial charge is 0.464 e. The van der Waals surface area contributed by atoms with Crippen molar-refractivity contribution in [1.29, 1.82) is 0 Å². The molecule has 1 fully saturated rings. The third-order valence-corrected chi connectivity index (χ3v) is 4.27. The Labute approximate surface area is 89.6 Å². The number of sulfone groups is 1. The molecule has 0 unspecified atom stereocenters. The van der Waals surface area contributed by atoms with Gasteiger partial charge in [0.25, 0.3) is 0 Å². The Kier molecular flexibility index (Phi) is 2.84. The standard InChI is InChI=1S/C10H15NO3S/c1-2-8-3-4-10(14-8)9-7-15(12,13)6-5-11-9/h3-4,9,11H,2,5-7H2,1H3/t9-/m1/s1. The van der Waals surface area contributed by atoms with Crippen LogP contribution in [-0.4, -0.2) is 26.5 Å². The molecule has 1 aromatic rings. The zero-order valence-electron chi connectivity index (χ0n) is 8.69. The first-order valence-corrected chi connectivity index (χ1v) is 6.95. The van der Waals surface area contributed by atoms with Crippen LogP contribution in [0.4, 0.5) is 0 Å². The Balaban J connectivity index is 2.17. The van der Waals surface area contributed by atoms with E-state index in [-0.39, 0.29) is 17.5 Å². The predicted molar refractivity (Wildman–Crippen MR) is 57.5 cm³/mol. The third kappa shape index (κ3) is 2.41. The van der Waals surface area contributed by atoms with Gasteiger partial charge in [0.1, 0.15) is 11.5 Å². The third-order valence-electron chi connectivity index (χ3n) is 2.60. The minimum absolute atomic E-state index is 0.143. The summed E-state index contributed by atoms with van der Waals surface area (Å²) in [6.07, 6.45) is 0.833. The number of rotatable bonds is 2. The Hall–Kier alpha value is -0.810. The van der Waals surface area contributed by atoms with Crippen molar-refractivity contribution in [1.82, 2.24) is 5.32 Å². The highest BCUT2D eigenvalue weighted by Crippen LogP contribution is 2.21. The van der Waals surface area contributed by atoms with Crippen molar-refractivity contribution in [3.63, 3.8) is 0 Å². The first-order valence-electron chi connectivity index (χ1n) is 5.13. The lowest BCUT2D eigenvalue weighted by molar-refractivity contribution is 0.406. The van der Waals surface area contributed by atoms with Crippen molar-refractivity contribution in [3.05, 3.63) is 23.7 Å².